The van der Waals surface area contributed by atoms with E-state index in [-0.39, 0.29) is 42.5 Å². The summed E-state index contributed by atoms with van der Waals surface area (Å²) in [5.74, 6) is 0.777. The SMILES string of the molecule is CC(C)[C@@H]1c2ccc(F)cc2CCC1CO[C@@H](CCN(C)[C@@H](C)CCCCc1nc2ccccc2[nH]1)C(=O)O.Cl.Cl. The van der Waals surface area contributed by atoms with Crippen molar-refractivity contribution in [2.75, 3.05) is 20.2 Å². The zero-order valence-corrected chi connectivity index (χ0v) is 26.3. The van der Waals surface area contributed by atoms with Gasteiger partial charge in [0.2, 0.25) is 0 Å². The molecule has 2 aromatic carbocycles. The fourth-order valence-corrected chi connectivity index (χ4v) is 6.12. The molecule has 1 unspecified atom stereocenters. The van der Waals surface area contributed by atoms with Crippen LogP contribution in [0, 0.1) is 17.7 Å². The average Bonchev–Trinajstić information content (AvgIpc) is 3.33. The first-order valence-electron chi connectivity index (χ1n) is 14.5. The number of imidazole rings is 1. The number of fused-ring (bicyclic) bond motifs is 2. The lowest BCUT2D eigenvalue weighted by Crippen LogP contribution is -2.36. The highest BCUT2D eigenvalue weighted by molar-refractivity contribution is 5.85. The Morgan fingerprint density at radius 3 is 2.61 bits per heavy atom. The number of halogens is 3. The highest BCUT2D eigenvalue weighted by Gasteiger charge is 2.33. The Labute approximate surface area is 256 Å². The number of unbranched alkanes of at least 4 members (excludes halogenated alkanes) is 1. The summed E-state index contributed by atoms with van der Waals surface area (Å²) in [6, 6.07) is 13.5. The van der Waals surface area contributed by atoms with Crippen LogP contribution in [-0.2, 0) is 22.4 Å². The van der Waals surface area contributed by atoms with Crippen LogP contribution in [0.15, 0.2) is 42.5 Å². The number of rotatable bonds is 14. The van der Waals surface area contributed by atoms with Crippen molar-refractivity contribution in [3.8, 4) is 0 Å². The third kappa shape index (κ3) is 9.40. The molecule has 4 rings (SSSR count). The summed E-state index contributed by atoms with van der Waals surface area (Å²) in [5, 5.41) is 9.86. The molecule has 1 aliphatic rings. The van der Waals surface area contributed by atoms with E-state index in [1.165, 1.54) is 11.6 Å². The van der Waals surface area contributed by atoms with Crippen molar-refractivity contribution >= 4 is 41.8 Å². The predicted octanol–water partition coefficient (Wildman–Crippen LogP) is 7.44. The first-order chi connectivity index (χ1) is 18.7. The van der Waals surface area contributed by atoms with Crippen LogP contribution in [0.25, 0.3) is 11.0 Å². The van der Waals surface area contributed by atoms with E-state index in [1.54, 1.807) is 6.07 Å². The van der Waals surface area contributed by atoms with Crippen molar-refractivity contribution in [1.82, 2.24) is 14.9 Å². The van der Waals surface area contributed by atoms with Crippen LogP contribution in [0.5, 0.6) is 0 Å². The maximum absolute atomic E-state index is 13.8. The monoisotopic (exact) mass is 609 g/mol. The summed E-state index contributed by atoms with van der Waals surface area (Å²) in [6.07, 6.45) is 5.45. The van der Waals surface area contributed by atoms with Gasteiger partial charge in [0.15, 0.2) is 6.10 Å². The molecule has 4 atom stereocenters. The Morgan fingerprint density at radius 1 is 1.15 bits per heavy atom. The van der Waals surface area contributed by atoms with Gasteiger partial charge in [-0.15, -0.1) is 24.8 Å². The normalized spacial score (nSPS) is 18.0. The van der Waals surface area contributed by atoms with E-state index in [9.17, 15) is 14.3 Å². The van der Waals surface area contributed by atoms with Crippen molar-refractivity contribution < 1.29 is 19.0 Å². The second-order valence-corrected chi connectivity index (χ2v) is 11.6. The van der Waals surface area contributed by atoms with Crippen molar-refractivity contribution in [2.24, 2.45) is 11.8 Å². The van der Waals surface area contributed by atoms with Crippen LogP contribution in [0.1, 0.15) is 75.7 Å². The Hall–Kier alpha value is -2.19. The molecule has 228 valence electrons. The minimum Gasteiger partial charge on any atom is -0.479 e. The number of carbonyl (C=O) groups is 1. The number of carboxylic acids is 1. The topological polar surface area (TPSA) is 78.5 Å². The number of aromatic amines is 1. The number of benzene rings is 2. The standard InChI is InChI=1S/C32H44FN3O3.2ClH/c1-21(2)31-24(14-13-23-19-25(33)15-16-26(23)31)20-39-29(32(37)38)17-18-36(4)22(3)9-5-8-12-30-34-27-10-6-7-11-28(27)35-30;;/h6-7,10-11,15-16,19,21-22,24,29,31H,5,8-9,12-14,17-18,20H2,1-4H3,(H,34,35)(H,37,38);2*1H/t22-,24?,29-,31-;;/m0../s1. The van der Waals surface area contributed by atoms with E-state index in [2.05, 4.69) is 48.8 Å². The third-order valence-electron chi connectivity index (χ3n) is 8.48. The summed E-state index contributed by atoms with van der Waals surface area (Å²) in [6.45, 7) is 7.64. The van der Waals surface area contributed by atoms with Gasteiger partial charge in [-0.25, -0.2) is 14.2 Å². The number of carboxylic acid groups (broad SMARTS) is 1. The van der Waals surface area contributed by atoms with Crippen LogP contribution in [0.3, 0.4) is 0 Å². The largest absolute Gasteiger partial charge is 0.479 e. The number of aromatic nitrogens is 2. The molecule has 1 heterocycles. The zero-order valence-electron chi connectivity index (χ0n) is 24.6. The number of ether oxygens (including phenoxy) is 1. The lowest BCUT2D eigenvalue weighted by molar-refractivity contribution is -0.152. The van der Waals surface area contributed by atoms with E-state index < -0.39 is 12.1 Å². The fourth-order valence-electron chi connectivity index (χ4n) is 6.12. The average molecular weight is 611 g/mol. The second kappa shape index (κ2) is 16.4. The van der Waals surface area contributed by atoms with Gasteiger partial charge in [0.05, 0.1) is 17.6 Å². The van der Waals surface area contributed by atoms with E-state index in [0.29, 0.717) is 31.5 Å². The Kier molecular flexibility index (Phi) is 14.0. The number of hydrogen-bond acceptors (Lipinski definition) is 4. The third-order valence-corrected chi connectivity index (χ3v) is 8.48. The quantitative estimate of drug-likeness (QED) is 0.186. The van der Waals surface area contributed by atoms with E-state index in [1.807, 2.05) is 24.3 Å². The summed E-state index contributed by atoms with van der Waals surface area (Å²) in [5.41, 5.74) is 4.36. The molecule has 3 aromatic rings. The van der Waals surface area contributed by atoms with E-state index >= 15 is 0 Å². The molecule has 1 aliphatic carbocycles. The second-order valence-electron chi connectivity index (χ2n) is 11.6. The molecule has 0 radical (unpaired) electrons. The van der Waals surface area contributed by atoms with Crippen molar-refractivity contribution in [3.05, 3.63) is 65.2 Å². The number of nitrogens with one attached hydrogen (secondary N) is 1. The molecule has 0 bridgehead atoms. The van der Waals surface area contributed by atoms with Crippen molar-refractivity contribution in [1.29, 1.82) is 0 Å². The van der Waals surface area contributed by atoms with E-state index in [0.717, 1.165) is 60.9 Å². The Bertz CT molecular complexity index is 1200. The summed E-state index contributed by atoms with van der Waals surface area (Å²) in [7, 11) is 2.06. The number of aliphatic carboxylic acids is 1. The van der Waals surface area contributed by atoms with Gasteiger partial charge >= 0.3 is 5.97 Å². The highest BCUT2D eigenvalue weighted by atomic mass is 35.5. The fraction of sp³-hybridized carbons (Fsp3) is 0.562. The molecule has 0 saturated carbocycles. The molecule has 2 N–H and O–H groups in total. The molecular weight excluding hydrogens is 564 g/mol. The van der Waals surface area contributed by atoms with Crippen LogP contribution in [0.2, 0.25) is 0 Å². The smallest absolute Gasteiger partial charge is 0.332 e. The molecule has 0 saturated heterocycles. The molecular formula is C32H46Cl2FN3O3. The van der Waals surface area contributed by atoms with Crippen LogP contribution < -0.4 is 0 Å². The molecule has 41 heavy (non-hydrogen) atoms. The number of aryl methyl sites for hydroxylation is 2. The van der Waals surface area contributed by atoms with Gasteiger partial charge < -0.3 is 19.7 Å². The minimum atomic E-state index is -0.902. The summed E-state index contributed by atoms with van der Waals surface area (Å²) < 4.78 is 19.8. The van der Waals surface area contributed by atoms with Gasteiger partial charge in [0.25, 0.3) is 0 Å². The molecule has 0 aliphatic heterocycles. The zero-order chi connectivity index (χ0) is 27.9. The van der Waals surface area contributed by atoms with Gasteiger partial charge in [-0.05, 0) is 99.2 Å². The van der Waals surface area contributed by atoms with Crippen LogP contribution in [-0.4, -0.2) is 58.3 Å². The first-order valence-corrected chi connectivity index (χ1v) is 14.5. The lowest BCUT2D eigenvalue weighted by Gasteiger charge is -2.37. The molecule has 0 fully saturated rings. The predicted molar refractivity (Wildman–Crippen MR) is 168 cm³/mol. The summed E-state index contributed by atoms with van der Waals surface area (Å²) in [4.78, 5) is 22.3. The lowest BCUT2D eigenvalue weighted by atomic mass is 9.70. The number of H-pyrrole nitrogens is 1. The first kappa shape index (κ1) is 35.0. The number of nitrogens with zero attached hydrogens (tertiary/aromatic N) is 2. The molecule has 1 aromatic heterocycles. The molecule has 6 nitrogen and oxygen atoms in total. The molecule has 0 spiro atoms. The van der Waals surface area contributed by atoms with Gasteiger partial charge in [-0.1, -0.05) is 38.5 Å². The molecule has 9 heteroatoms. The van der Waals surface area contributed by atoms with Crippen LogP contribution >= 0.6 is 24.8 Å². The number of hydrogen-bond donors (Lipinski definition) is 2. The maximum Gasteiger partial charge on any atom is 0.332 e. The van der Waals surface area contributed by atoms with Gasteiger partial charge in [-0.3, -0.25) is 0 Å². The summed E-state index contributed by atoms with van der Waals surface area (Å²) >= 11 is 0. The Balaban J connectivity index is 0.00000294. The minimum absolute atomic E-state index is 0. The van der Waals surface area contributed by atoms with Crippen molar-refractivity contribution in [2.45, 2.75) is 83.8 Å². The maximum atomic E-state index is 13.8. The van der Waals surface area contributed by atoms with Crippen molar-refractivity contribution in [3.63, 3.8) is 0 Å². The van der Waals surface area contributed by atoms with E-state index in [4.69, 9.17) is 4.74 Å². The van der Waals surface area contributed by atoms with Gasteiger partial charge in [-0.2, -0.15) is 0 Å². The molecule has 0 amide bonds. The van der Waals surface area contributed by atoms with Gasteiger partial charge in [0.1, 0.15) is 11.6 Å². The number of para-hydroxylation sites is 2. The highest BCUT2D eigenvalue weighted by Crippen LogP contribution is 2.41. The Morgan fingerprint density at radius 2 is 1.90 bits per heavy atom. The van der Waals surface area contributed by atoms with Crippen LogP contribution in [0.4, 0.5) is 4.39 Å². The van der Waals surface area contributed by atoms with Gasteiger partial charge in [0, 0.05) is 19.0 Å².